The molecule has 1 aliphatic heterocycles. The number of amides is 1. The van der Waals surface area contributed by atoms with Crippen molar-refractivity contribution < 1.29 is 9.53 Å². The highest BCUT2D eigenvalue weighted by Gasteiger charge is 2.26. The molecule has 4 aromatic rings. The second-order valence-corrected chi connectivity index (χ2v) is 9.43. The number of benzene rings is 3. The number of fused-ring (bicyclic) bond motifs is 1. The van der Waals surface area contributed by atoms with E-state index in [2.05, 4.69) is 90.5 Å². The summed E-state index contributed by atoms with van der Waals surface area (Å²) in [6.45, 7) is 9.11. The van der Waals surface area contributed by atoms with E-state index in [1.807, 2.05) is 0 Å². The summed E-state index contributed by atoms with van der Waals surface area (Å²) < 4.78 is 5.14. The SMILES string of the molecule is C=CCOC(=O)N1CCC(CNCc2ccc(-c3cccc(-c4nc5c(C)cccc5[nH]4)c3)cc2)C1. The highest BCUT2D eigenvalue weighted by molar-refractivity contribution is 5.83. The van der Waals surface area contributed by atoms with Gasteiger partial charge in [-0.25, -0.2) is 9.78 Å². The van der Waals surface area contributed by atoms with Crippen molar-refractivity contribution in [2.24, 2.45) is 5.92 Å². The molecule has 184 valence electrons. The number of hydrogen-bond acceptors (Lipinski definition) is 4. The molecule has 2 heterocycles. The Morgan fingerprint density at radius 3 is 2.75 bits per heavy atom. The van der Waals surface area contributed by atoms with E-state index >= 15 is 0 Å². The molecule has 1 atom stereocenters. The van der Waals surface area contributed by atoms with Crippen LogP contribution in [0.4, 0.5) is 4.79 Å². The van der Waals surface area contributed by atoms with Gasteiger partial charge in [-0.2, -0.15) is 0 Å². The predicted molar refractivity (Wildman–Crippen MR) is 145 cm³/mol. The lowest BCUT2D eigenvalue weighted by atomic mass is 10.0. The van der Waals surface area contributed by atoms with Crippen molar-refractivity contribution in [3.8, 4) is 22.5 Å². The minimum atomic E-state index is -0.243. The number of imidazole rings is 1. The van der Waals surface area contributed by atoms with Crippen LogP contribution in [0.25, 0.3) is 33.5 Å². The molecule has 1 amide bonds. The van der Waals surface area contributed by atoms with Crippen LogP contribution in [-0.4, -0.2) is 47.2 Å². The molecule has 1 aliphatic rings. The van der Waals surface area contributed by atoms with Crippen molar-refractivity contribution in [3.05, 3.63) is 90.5 Å². The Hall–Kier alpha value is -3.90. The van der Waals surface area contributed by atoms with E-state index in [1.54, 1.807) is 11.0 Å². The largest absolute Gasteiger partial charge is 0.445 e. The van der Waals surface area contributed by atoms with Gasteiger partial charge in [0.1, 0.15) is 12.4 Å². The predicted octanol–water partition coefficient (Wildman–Crippen LogP) is 5.94. The number of nitrogens with one attached hydrogen (secondary N) is 2. The zero-order valence-electron chi connectivity index (χ0n) is 20.7. The first-order valence-corrected chi connectivity index (χ1v) is 12.5. The van der Waals surface area contributed by atoms with E-state index in [1.165, 1.54) is 22.3 Å². The van der Waals surface area contributed by atoms with Crippen molar-refractivity contribution >= 4 is 17.1 Å². The zero-order valence-corrected chi connectivity index (χ0v) is 20.7. The van der Waals surface area contributed by atoms with E-state index in [4.69, 9.17) is 9.72 Å². The van der Waals surface area contributed by atoms with Gasteiger partial charge >= 0.3 is 6.09 Å². The lowest BCUT2D eigenvalue weighted by Gasteiger charge is -2.16. The summed E-state index contributed by atoms with van der Waals surface area (Å²) in [5.41, 5.74) is 7.91. The topological polar surface area (TPSA) is 70.2 Å². The van der Waals surface area contributed by atoms with Crippen LogP contribution >= 0.6 is 0 Å². The van der Waals surface area contributed by atoms with Gasteiger partial charge in [0.15, 0.2) is 0 Å². The number of carbonyl (C=O) groups excluding carboxylic acids is 1. The van der Waals surface area contributed by atoms with Crippen molar-refractivity contribution in [3.63, 3.8) is 0 Å². The van der Waals surface area contributed by atoms with Crippen LogP contribution in [0, 0.1) is 12.8 Å². The third kappa shape index (κ3) is 5.34. The van der Waals surface area contributed by atoms with Gasteiger partial charge in [-0.3, -0.25) is 0 Å². The third-order valence-corrected chi connectivity index (χ3v) is 6.77. The van der Waals surface area contributed by atoms with Gasteiger partial charge in [0.05, 0.1) is 11.0 Å². The number of para-hydroxylation sites is 1. The quantitative estimate of drug-likeness (QED) is 0.306. The minimum Gasteiger partial charge on any atom is -0.445 e. The van der Waals surface area contributed by atoms with Gasteiger partial charge in [0.25, 0.3) is 0 Å². The molecule has 1 fully saturated rings. The van der Waals surface area contributed by atoms with Crippen LogP contribution < -0.4 is 5.32 Å². The Morgan fingerprint density at radius 2 is 1.94 bits per heavy atom. The summed E-state index contributed by atoms with van der Waals surface area (Å²) >= 11 is 0. The summed E-state index contributed by atoms with van der Waals surface area (Å²) in [6, 6.07) is 23.4. The number of rotatable bonds is 8. The van der Waals surface area contributed by atoms with E-state index in [0.29, 0.717) is 5.92 Å². The first kappa shape index (κ1) is 23.8. The van der Waals surface area contributed by atoms with Crippen LogP contribution in [0.5, 0.6) is 0 Å². The molecule has 0 aliphatic carbocycles. The summed E-state index contributed by atoms with van der Waals surface area (Å²) in [5.74, 6) is 1.34. The molecule has 2 N–H and O–H groups in total. The first-order chi connectivity index (χ1) is 17.6. The van der Waals surface area contributed by atoms with E-state index in [-0.39, 0.29) is 12.7 Å². The van der Waals surface area contributed by atoms with Crippen molar-refractivity contribution in [1.82, 2.24) is 20.2 Å². The summed E-state index contributed by atoms with van der Waals surface area (Å²) in [7, 11) is 0. The molecular formula is C30H32N4O2. The number of ether oxygens (including phenoxy) is 1. The maximum absolute atomic E-state index is 12.0. The normalized spacial score (nSPS) is 15.4. The Balaban J connectivity index is 1.17. The van der Waals surface area contributed by atoms with Crippen molar-refractivity contribution in [2.45, 2.75) is 19.9 Å². The van der Waals surface area contributed by atoms with Crippen molar-refractivity contribution in [2.75, 3.05) is 26.2 Å². The molecule has 1 unspecified atom stereocenters. The first-order valence-electron chi connectivity index (χ1n) is 12.5. The van der Waals surface area contributed by atoms with Crippen LogP contribution in [0.2, 0.25) is 0 Å². The third-order valence-electron chi connectivity index (χ3n) is 6.77. The highest BCUT2D eigenvalue weighted by atomic mass is 16.6. The average molecular weight is 481 g/mol. The van der Waals surface area contributed by atoms with Crippen LogP contribution in [0.3, 0.4) is 0 Å². The van der Waals surface area contributed by atoms with Gasteiger partial charge in [-0.15, -0.1) is 0 Å². The van der Waals surface area contributed by atoms with E-state index < -0.39 is 0 Å². The molecule has 0 radical (unpaired) electrons. The molecule has 0 saturated carbocycles. The van der Waals surface area contributed by atoms with Gasteiger partial charge in [0.2, 0.25) is 0 Å². The number of aryl methyl sites for hydroxylation is 1. The number of aromatic nitrogens is 2. The molecule has 3 aromatic carbocycles. The Morgan fingerprint density at radius 1 is 1.14 bits per heavy atom. The highest BCUT2D eigenvalue weighted by Crippen LogP contribution is 2.27. The fourth-order valence-electron chi connectivity index (χ4n) is 4.78. The number of likely N-dealkylation sites (tertiary alicyclic amines) is 1. The molecular weight excluding hydrogens is 448 g/mol. The number of hydrogen-bond donors (Lipinski definition) is 2. The van der Waals surface area contributed by atoms with Gasteiger partial charge in [-0.1, -0.05) is 67.3 Å². The molecule has 0 bridgehead atoms. The number of carbonyl (C=O) groups is 1. The Labute approximate surface area is 212 Å². The summed E-state index contributed by atoms with van der Waals surface area (Å²) in [4.78, 5) is 22.0. The van der Waals surface area contributed by atoms with E-state index in [9.17, 15) is 4.79 Å². The lowest BCUT2D eigenvalue weighted by molar-refractivity contribution is 0.120. The molecule has 6 heteroatoms. The van der Waals surface area contributed by atoms with Gasteiger partial charge in [0, 0.05) is 31.7 Å². The fourth-order valence-corrected chi connectivity index (χ4v) is 4.78. The van der Waals surface area contributed by atoms with E-state index in [0.717, 1.165) is 55.0 Å². The van der Waals surface area contributed by atoms with Crippen LogP contribution in [-0.2, 0) is 11.3 Å². The molecule has 5 rings (SSSR count). The molecule has 1 saturated heterocycles. The lowest BCUT2D eigenvalue weighted by Crippen LogP contribution is -2.31. The Kier molecular flexibility index (Phi) is 7.14. The second-order valence-electron chi connectivity index (χ2n) is 9.43. The van der Waals surface area contributed by atoms with Crippen LogP contribution in [0.1, 0.15) is 17.5 Å². The summed E-state index contributed by atoms with van der Waals surface area (Å²) in [5, 5.41) is 3.55. The average Bonchev–Trinajstić information content (AvgIpc) is 3.56. The number of nitrogens with zero attached hydrogens (tertiary/aromatic N) is 2. The van der Waals surface area contributed by atoms with Crippen LogP contribution in [0.15, 0.2) is 79.4 Å². The molecule has 36 heavy (non-hydrogen) atoms. The Bertz CT molecular complexity index is 1360. The minimum absolute atomic E-state index is 0.243. The monoisotopic (exact) mass is 480 g/mol. The molecule has 0 spiro atoms. The second kappa shape index (κ2) is 10.8. The smallest absolute Gasteiger partial charge is 0.410 e. The standard InChI is InChI=1S/C30H32N4O2/c1-3-16-36-30(35)34-15-14-23(20-34)19-31-18-22-10-12-24(13-11-22)25-7-5-8-26(17-25)29-32-27-9-4-6-21(2)28(27)33-29/h3-13,17,23,31H,1,14-16,18-20H2,2H3,(H,32,33). The van der Waals surface area contributed by atoms with Crippen molar-refractivity contribution in [1.29, 1.82) is 0 Å². The van der Waals surface area contributed by atoms with Gasteiger partial charge < -0.3 is 19.9 Å². The zero-order chi connectivity index (χ0) is 24.9. The summed E-state index contributed by atoms with van der Waals surface area (Å²) in [6.07, 6.45) is 2.35. The maximum Gasteiger partial charge on any atom is 0.410 e. The fraction of sp³-hybridized carbons (Fsp3) is 0.267. The van der Waals surface area contributed by atoms with Gasteiger partial charge in [-0.05, 0) is 53.6 Å². The number of H-pyrrole nitrogens is 1. The maximum atomic E-state index is 12.0. The number of aromatic amines is 1. The molecule has 6 nitrogen and oxygen atoms in total. The molecule has 1 aromatic heterocycles.